The average Bonchev–Trinajstić information content (AvgIpc) is 3.50. The maximum absolute atomic E-state index is 14.3. The topological polar surface area (TPSA) is 91.4 Å². The van der Waals surface area contributed by atoms with Gasteiger partial charge in [-0.1, -0.05) is 48.5 Å². The summed E-state index contributed by atoms with van der Waals surface area (Å²) in [6.45, 7) is 2.05. The Morgan fingerprint density at radius 3 is 2.24 bits per heavy atom. The molecule has 1 atom stereocenters. The lowest BCUT2D eigenvalue weighted by molar-refractivity contribution is -0.384. The van der Waals surface area contributed by atoms with Gasteiger partial charge in [0.1, 0.15) is 5.75 Å². The second-order valence-electron chi connectivity index (χ2n) is 9.43. The van der Waals surface area contributed by atoms with Gasteiger partial charge < -0.3 is 4.74 Å². The van der Waals surface area contributed by atoms with Crippen LogP contribution in [-0.2, 0) is 16.4 Å². The quantitative estimate of drug-likeness (QED) is 0.188. The van der Waals surface area contributed by atoms with Gasteiger partial charge in [0, 0.05) is 23.4 Å². The van der Waals surface area contributed by atoms with Crippen molar-refractivity contribution in [3.8, 4) is 17.0 Å². The third-order valence-electron chi connectivity index (χ3n) is 7.38. The molecule has 0 N–H and O–H groups in total. The molecule has 8 heteroatoms. The highest BCUT2D eigenvalue weighted by molar-refractivity contribution is 7.90. The van der Waals surface area contributed by atoms with E-state index in [-0.39, 0.29) is 16.5 Å². The summed E-state index contributed by atoms with van der Waals surface area (Å²) in [6, 6.07) is 26.3. The van der Waals surface area contributed by atoms with E-state index in [9.17, 15) is 18.5 Å². The van der Waals surface area contributed by atoms with Crippen molar-refractivity contribution in [1.82, 2.24) is 3.97 Å². The van der Waals surface area contributed by atoms with Crippen LogP contribution in [0.25, 0.3) is 22.2 Å². The van der Waals surface area contributed by atoms with Crippen molar-refractivity contribution in [1.29, 1.82) is 0 Å². The normalized spacial score (nSPS) is 14.6. The zero-order valence-corrected chi connectivity index (χ0v) is 21.6. The predicted octanol–water partition coefficient (Wildman–Crippen LogP) is 6.46. The minimum Gasteiger partial charge on any atom is -0.497 e. The number of aromatic nitrogens is 1. The molecule has 0 bridgehead atoms. The molecular formula is C30H24N2O5S. The molecule has 0 saturated heterocycles. The van der Waals surface area contributed by atoms with E-state index in [0.29, 0.717) is 11.2 Å². The summed E-state index contributed by atoms with van der Waals surface area (Å²) in [4.78, 5) is 10.6. The molecule has 1 aliphatic carbocycles. The van der Waals surface area contributed by atoms with Crippen LogP contribution in [0.4, 0.5) is 5.69 Å². The molecule has 7 nitrogen and oxygen atoms in total. The van der Waals surface area contributed by atoms with E-state index in [4.69, 9.17) is 4.74 Å². The Labute approximate surface area is 220 Å². The van der Waals surface area contributed by atoms with Gasteiger partial charge in [-0.25, -0.2) is 12.4 Å². The standard InChI is InChI=1S/C30H24N2O5S/c1-19-8-17-27-28-25(19)18-26(20-9-13-23(37-2)14-10-20)29(28)30(21-6-4-3-5-7-21)31(27)38(35,36)24-15-11-22(12-16-24)32(33)34/h3-17,26H,18H2,1-2H3. The molecule has 0 radical (unpaired) electrons. The molecule has 0 aliphatic heterocycles. The van der Waals surface area contributed by atoms with E-state index in [1.807, 2.05) is 66.7 Å². The van der Waals surface area contributed by atoms with Crippen molar-refractivity contribution in [2.75, 3.05) is 7.11 Å². The number of aryl methyl sites for hydroxylation is 1. The van der Waals surface area contributed by atoms with Crippen molar-refractivity contribution in [2.45, 2.75) is 24.2 Å². The summed E-state index contributed by atoms with van der Waals surface area (Å²) < 4.78 is 35.3. The lowest BCUT2D eigenvalue weighted by Gasteiger charge is -2.19. The Kier molecular flexibility index (Phi) is 5.57. The fourth-order valence-corrected chi connectivity index (χ4v) is 7.10. The second-order valence-corrected chi connectivity index (χ2v) is 11.2. The molecule has 0 amide bonds. The number of nitro groups is 1. The van der Waals surface area contributed by atoms with Crippen LogP contribution in [0.5, 0.6) is 5.75 Å². The molecule has 1 aliphatic rings. The molecule has 4 aromatic carbocycles. The van der Waals surface area contributed by atoms with Crippen LogP contribution in [0.15, 0.2) is 95.9 Å². The maximum atomic E-state index is 14.3. The summed E-state index contributed by atoms with van der Waals surface area (Å²) in [6.07, 6.45) is 0.762. The Bertz CT molecular complexity index is 1810. The van der Waals surface area contributed by atoms with E-state index in [1.165, 1.54) is 28.2 Å². The van der Waals surface area contributed by atoms with Crippen LogP contribution in [0, 0.1) is 17.0 Å². The van der Waals surface area contributed by atoms with Gasteiger partial charge in [0.05, 0.1) is 28.1 Å². The first-order chi connectivity index (χ1) is 18.3. The number of nitro benzene ring substituents is 1. The van der Waals surface area contributed by atoms with Crippen LogP contribution in [0.3, 0.4) is 0 Å². The zero-order chi connectivity index (χ0) is 26.6. The van der Waals surface area contributed by atoms with Gasteiger partial charge >= 0.3 is 0 Å². The lowest BCUT2D eigenvalue weighted by Crippen LogP contribution is -2.16. The molecule has 38 heavy (non-hydrogen) atoms. The van der Waals surface area contributed by atoms with Crippen LogP contribution in [0.2, 0.25) is 0 Å². The van der Waals surface area contributed by atoms with E-state index in [0.717, 1.165) is 45.4 Å². The van der Waals surface area contributed by atoms with Crippen molar-refractivity contribution in [3.63, 3.8) is 0 Å². The molecule has 190 valence electrons. The Balaban J connectivity index is 1.67. The van der Waals surface area contributed by atoms with Gasteiger partial charge in [-0.2, -0.15) is 0 Å². The van der Waals surface area contributed by atoms with Crippen molar-refractivity contribution in [2.24, 2.45) is 0 Å². The highest BCUT2D eigenvalue weighted by Crippen LogP contribution is 2.50. The van der Waals surface area contributed by atoms with Gasteiger partial charge in [-0.05, 0) is 71.5 Å². The molecule has 1 unspecified atom stereocenters. The molecule has 5 aromatic rings. The number of methoxy groups -OCH3 is 1. The fourth-order valence-electron chi connectivity index (χ4n) is 5.55. The maximum Gasteiger partial charge on any atom is 0.269 e. The SMILES string of the molecule is COc1ccc(C2Cc3c(C)ccc4c3c2c(-c2ccccc2)n4S(=O)(=O)c2ccc([N+](=O)[O-])cc2)cc1. The molecule has 6 rings (SSSR count). The first kappa shape index (κ1) is 23.9. The number of hydrogen-bond donors (Lipinski definition) is 0. The predicted molar refractivity (Wildman–Crippen MR) is 146 cm³/mol. The summed E-state index contributed by atoms with van der Waals surface area (Å²) in [7, 11) is -2.47. The highest BCUT2D eigenvalue weighted by Gasteiger charge is 2.37. The van der Waals surface area contributed by atoms with Crippen LogP contribution >= 0.6 is 0 Å². The van der Waals surface area contributed by atoms with Crippen molar-refractivity contribution >= 4 is 26.6 Å². The van der Waals surface area contributed by atoms with Crippen molar-refractivity contribution in [3.05, 3.63) is 123 Å². The number of benzene rings is 4. The Morgan fingerprint density at radius 2 is 1.61 bits per heavy atom. The van der Waals surface area contributed by atoms with Gasteiger partial charge in [0.25, 0.3) is 15.7 Å². The van der Waals surface area contributed by atoms with E-state index >= 15 is 0 Å². The van der Waals surface area contributed by atoms with Gasteiger partial charge in [-0.3, -0.25) is 10.1 Å². The highest BCUT2D eigenvalue weighted by atomic mass is 32.2. The summed E-state index contributed by atoms with van der Waals surface area (Å²) in [5.41, 5.74) is 6.13. The molecule has 1 aromatic heterocycles. The second kappa shape index (κ2) is 8.85. The smallest absolute Gasteiger partial charge is 0.269 e. The number of hydrogen-bond acceptors (Lipinski definition) is 5. The van der Waals surface area contributed by atoms with E-state index in [2.05, 4.69) is 6.92 Å². The van der Waals surface area contributed by atoms with Crippen LogP contribution in [-0.4, -0.2) is 24.4 Å². The lowest BCUT2D eigenvalue weighted by atomic mass is 9.90. The number of rotatable bonds is 6. The minimum atomic E-state index is -4.10. The van der Waals surface area contributed by atoms with Crippen LogP contribution in [0.1, 0.15) is 28.2 Å². The van der Waals surface area contributed by atoms with Gasteiger partial charge in [-0.15, -0.1) is 0 Å². The van der Waals surface area contributed by atoms with Crippen molar-refractivity contribution < 1.29 is 18.1 Å². The third kappa shape index (κ3) is 3.60. The molecule has 0 spiro atoms. The minimum absolute atomic E-state index is 0.00701. The van der Waals surface area contributed by atoms with E-state index in [1.54, 1.807) is 7.11 Å². The fraction of sp³-hybridized carbons (Fsp3) is 0.133. The zero-order valence-electron chi connectivity index (χ0n) is 20.8. The Morgan fingerprint density at radius 1 is 0.921 bits per heavy atom. The molecular weight excluding hydrogens is 500 g/mol. The first-order valence-corrected chi connectivity index (χ1v) is 13.6. The third-order valence-corrected chi connectivity index (χ3v) is 9.11. The van der Waals surface area contributed by atoms with Gasteiger partial charge in [0.2, 0.25) is 0 Å². The molecule has 1 heterocycles. The molecule has 0 saturated carbocycles. The number of non-ortho nitro benzene ring substituents is 1. The molecule has 0 fully saturated rings. The van der Waals surface area contributed by atoms with Crippen LogP contribution < -0.4 is 4.74 Å². The first-order valence-electron chi connectivity index (χ1n) is 12.2. The Hall–Kier alpha value is -4.43. The van der Waals surface area contributed by atoms with Gasteiger partial charge in [0.15, 0.2) is 0 Å². The summed E-state index contributed by atoms with van der Waals surface area (Å²) in [5, 5.41) is 12.1. The number of ether oxygens (including phenoxy) is 1. The van der Waals surface area contributed by atoms with E-state index < -0.39 is 14.9 Å². The summed E-state index contributed by atoms with van der Waals surface area (Å²) in [5.74, 6) is 0.704. The number of nitrogens with zero attached hydrogens (tertiary/aromatic N) is 2. The largest absolute Gasteiger partial charge is 0.497 e. The average molecular weight is 525 g/mol. The monoisotopic (exact) mass is 524 g/mol. The summed E-state index contributed by atoms with van der Waals surface area (Å²) >= 11 is 0.